The topological polar surface area (TPSA) is 181 Å². The molecule has 0 saturated carbocycles. The number of sulfonamides is 1. The highest BCUT2D eigenvalue weighted by molar-refractivity contribution is 7.89. The van der Waals surface area contributed by atoms with Crippen LogP contribution >= 0.6 is 0 Å². The van der Waals surface area contributed by atoms with Gasteiger partial charge in [-0.2, -0.15) is 0 Å². The van der Waals surface area contributed by atoms with Gasteiger partial charge in [0.1, 0.15) is 5.56 Å². The number of hydrogen-bond acceptors (Lipinski definition) is 7. The van der Waals surface area contributed by atoms with E-state index >= 15 is 0 Å². The van der Waals surface area contributed by atoms with E-state index in [0.29, 0.717) is 0 Å². The minimum absolute atomic E-state index is 0.130. The van der Waals surface area contributed by atoms with Crippen molar-refractivity contribution in [1.29, 1.82) is 0 Å². The van der Waals surface area contributed by atoms with Gasteiger partial charge in [0.15, 0.2) is 6.61 Å². The van der Waals surface area contributed by atoms with E-state index in [4.69, 9.17) is 5.14 Å². The Labute approximate surface area is 139 Å². The van der Waals surface area contributed by atoms with E-state index in [1.54, 1.807) is 0 Å². The van der Waals surface area contributed by atoms with Crippen molar-refractivity contribution in [2.75, 3.05) is 11.9 Å². The Hall–Kier alpha value is -3.25. The van der Waals surface area contributed by atoms with Gasteiger partial charge in [-0.05, 0) is 24.3 Å². The van der Waals surface area contributed by atoms with Gasteiger partial charge in [-0.25, -0.2) is 23.1 Å². The predicted octanol–water partition coefficient (Wildman–Crippen LogP) is -1.49. The first-order valence-electron chi connectivity index (χ1n) is 6.58. The van der Waals surface area contributed by atoms with Crippen LogP contribution < -0.4 is 21.7 Å². The van der Waals surface area contributed by atoms with Crippen LogP contribution in [0.4, 0.5) is 5.69 Å². The molecule has 5 N–H and O–H groups in total. The average molecular weight is 368 g/mol. The molecule has 132 valence electrons. The van der Waals surface area contributed by atoms with E-state index < -0.39 is 45.3 Å². The number of ether oxygens (including phenoxy) is 1. The van der Waals surface area contributed by atoms with Crippen LogP contribution in [0.25, 0.3) is 0 Å². The highest BCUT2D eigenvalue weighted by Crippen LogP contribution is 2.12. The van der Waals surface area contributed by atoms with Crippen LogP contribution in [-0.2, 0) is 19.6 Å². The number of nitrogens with two attached hydrogens (primary N) is 1. The molecule has 11 nitrogen and oxygen atoms in total. The quantitative estimate of drug-likeness (QED) is 0.463. The van der Waals surface area contributed by atoms with Crippen molar-refractivity contribution in [2.24, 2.45) is 5.14 Å². The number of carbonyl (C=O) groups excluding carboxylic acids is 2. The normalized spacial score (nSPS) is 10.9. The Morgan fingerprint density at radius 1 is 1.16 bits per heavy atom. The van der Waals surface area contributed by atoms with Crippen molar-refractivity contribution in [3.63, 3.8) is 0 Å². The number of aromatic nitrogens is 2. The van der Waals surface area contributed by atoms with Crippen molar-refractivity contribution in [3.05, 3.63) is 56.9 Å². The number of benzene rings is 1. The van der Waals surface area contributed by atoms with Crippen molar-refractivity contribution in [3.8, 4) is 0 Å². The van der Waals surface area contributed by atoms with Crippen LogP contribution in [0, 0.1) is 0 Å². The zero-order valence-electron chi connectivity index (χ0n) is 12.4. The molecular weight excluding hydrogens is 356 g/mol. The first-order chi connectivity index (χ1) is 11.7. The molecule has 0 aliphatic carbocycles. The predicted molar refractivity (Wildman–Crippen MR) is 84.4 cm³/mol. The van der Waals surface area contributed by atoms with Gasteiger partial charge in [0, 0.05) is 11.9 Å². The lowest BCUT2D eigenvalue weighted by atomic mass is 10.3. The molecule has 2 rings (SSSR count). The Morgan fingerprint density at radius 2 is 1.80 bits per heavy atom. The zero-order valence-corrected chi connectivity index (χ0v) is 13.3. The molecule has 1 aromatic carbocycles. The molecule has 1 amide bonds. The van der Waals surface area contributed by atoms with Gasteiger partial charge < -0.3 is 15.0 Å². The lowest BCUT2D eigenvalue weighted by Crippen LogP contribution is -2.29. The molecule has 0 saturated heterocycles. The number of hydrogen-bond donors (Lipinski definition) is 4. The van der Waals surface area contributed by atoms with E-state index in [9.17, 15) is 27.6 Å². The molecule has 25 heavy (non-hydrogen) atoms. The van der Waals surface area contributed by atoms with E-state index in [-0.39, 0.29) is 10.6 Å². The molecule has 0 spiro atoms. The third kappa shape index (κ3) is 4.86. The van der Waals surface area contributed by atoms with Gasteiger partial charge in [-0.15, -0.1) is 0 Å². The first-order valence-corrected chi connectivity index (χ1v) is 8.13. The summed E-state index contributed by atoms with van der Waals surface area (Å²) in [6.07, 6.45) is 0.868. The summed E-state index contributed by atoms with van der Waals surface area (Å²) < 4.78 is 26.9. The maximum Gasteiger partial charge on any atom is 0.345 e. The third-order valence-electron chi connectivity index (χ3n) is 2.84. The Bertz CT molecular complexity index is 1020. The fourth-order valence-electron chi connectivity index (χ4n) is 1.70. The van der Waals surface area contributed by atoms with E-state index in [1.165, 1.54) is 24.3 Å². The van der Waals surface area contributed by atoms with Gasteiger partial charge in [0.05, 0.1) is 4.90 Å². The van der Waals surface area contributed by atoms with Gasteiger partial charge in [-0.3, -0.25) is 14.6 Å². The van der Waals surface area contributed by atoms with Crippen molar-refractivity contribution < 1.29 is 22.7 Å². The number of carbonyl (C=O) groups is 2. The number of rotatable bonds is 5. The van der Waals surface area contributed by atoms with Crippen LogP contribution in [0.1, 0.15) is 10.4 Å². The number of nitrogens with one attached hydrogen (secondary N) is 3. The lowest BCUT2D eigenvalue weighted by Gasteiger charge is -2.07. The standard InChI is InChI=1S/C13H12N4O7S/c14-25(22,23)8-3-1-7(2-4-8)16-10(18)6-24-12(20)9-5-15-13(21)17-11(9)19/h1-5H,6H2,(H,16,18)(H2,14,22,23)(H2,15,17,19,21). The zero-order chi connectivity index (χ0) is 18.6. The first kappa shape index (κ1) is 18.1. The fraction of sp³-hybridized carbons (Fsp3) is 0.0769. The van der Waals surface area contributed by atoms with Crippen LogP contribution in [0.15, 0.2) is 44.9 Å². The molecule has 0 unspecified atom stereocenters. The summed E-state index contributed by atoms with van der Waals surface area (Å²) in [5.74, 6) is -1.82. The lowest BCUT2D eigenvalue weighted by molar-refractivity contribution is -0.119. The average Bonchev–Trinajstić information content (AvgIpc) is 2.52. The molecule has 0 aliphatic rings. The minimum Gasteiger partial charge on any atom is -0.452 e. The number of aromatic amines is 2. The monoisotopic (exact) mass is 368 g/mol. The smallest absolute Gasteiger partial charge is 0.345 e. The Morgan fingerprint density at radius 3 is 2.36 bits per heavy atom. The highest BCUT2D eigenvalue weighted by Gasteiger charge is 2.15. The Balaban J connectivity index is 1.95. The second-order valence-corrected chi connectivity index (χ2v) is 6.24. The minimum atomic E-state index is -3.85. The summed E-state index contributed by atoms with van der Waals surface area (Å²) in [6, 6.07) is 4.98. The highest BCUT2D eigenvalue weighted by atomic mass is 32.2. The molecule has 2 aromatic rings. The molecule has 0 radical (unpaired) electrons. The van der Waals surface area contributed by atoms with E-state index in [2.05, 4.69) is 15.0 Å². The molecule has 0 bridgehead atoms. The third-order valence-corrected chi connectivity index (χ3v) is 3.77. The molecule has 1 aromatic heterocycles. The van der Waals surface area contributed by atoms with Gasteiger partial charge >= 0.3 is 11.7 Å². The van der Waals surface area contributed by atoms with Gasteiger partial charge in [0.2, 0.25) is 10.0 Å². The number of primary sulfonamides is 1. The summed E-state index contributed by atoms with van der Waals surface area (Å²) >= 11 is 0. The molecule has 0 atom stereocenters. The second kappa shape index (κ2) is 7.11. The van der Waals surface area contributed by atoms with Crippen molar-refractivity contribution in [2.45, 2.75) is 4.90 Å². The van der Waals surface area contributed by atoms with Crippen LogP contribution in [-0.4, -0.2) is 36.9 Å². The largest absolute Gasteiger partial charge is 0.452 e. The van der Waals surface area contributed by atoms with Crippen LogP contribution in [0.2, 0.25) is 0 Å². The van der Waals surface area contributed by atoms with Gasteiger partial charge in [0.25, 0.3) is 11.5 Å². The molecular formula is C13H12N4O7S. The molecule has 12 heteroatoms. The summed E-state index contributed by atoms with van der Waals surface area (Å²) in [5.41, 5.74) is -1.96. The number of esters is 1. The number of H-pyrrole nitrogens is 2. The fourth-order valence-corrected chi connectivity index (χ4v) is 2.21. The Kier molecular flexibility index (Phi) is 5.14. The van der Waals surface area contributed by atoms with E-state index in [1.807, 2.05) is 4.98 Å². The van der Waals surface area contributed by atoms with Crippen LogP contribution in [0.3, 0.4) is 0 Å². The summed E-state index contributed by atoms with van der Waals surface area (Å²) in [4.78, 5) is 49.4. The van der Waals surface area contributed by atoms with Crippen molar-refractivity contribution in [1.82, 2.24) is 9.97 Å². The molecule has 0 fully saturated rings. The summed E-state index contributed by atoms with van der Waals surface area (Å²) in [7, 11) is -3.85. The SMILES string of the molecule is NS(=O)(=O)c1ccc(NC(=O)COC(=O)c2c[nH]c(=O)[nH]c2=O)cc1. The van der Waals surface area contributed by atoms with E-state index in [0.717, 1.165) is 6.20 Å². The van der Waals surface area contributed by atoms with Crippen molar-refractivity contribution >= 4 is 27.6 Å². The van der Waals surface area contributed by atoms with Gasteiger partial charge in [-0.1, -0.05) is 0 Å². The molecule has 0 aliphatic heterocycles. The second-order valence-electron chi connectivity index (χ2n) is 4.68. The summed E-state index contributed by atoms with van der Waals surface area (Å²) in [5, 5.41) is 7.30. The molecule has 1 heterocycles. The number of amides is 1. The maximum absolute atomic E-state index is 11.7. The number of anilines is 1. The summed E-state index contributed by atoms with van der Waals surface area (Å²) in [6.45, 7) is -0.700. The van der Waals surface area contributed by atoms with Crippen LogP contribution in [0.5, 0.6) is 0 Å². The maximum atomic E-state index is 11.7.